The van der Waals surface area contributed by atoms with Gasteiger partial charge in [-0.2, -0.15) is 13.2 Å². The molecule has 2 aromatic rings. The topological polar surface area (TPSA) is 26.3 Å². The lowest BCUT2D eigenvalue weighted by molar-refractivity contribution is -0.198. The highest BCUT2D eigenvalue weighted by Crippen LogP contribution is 2.40. The average Bonchev–Trinajstić information content (AvgIpc) is 2.58. The van der Waals surface area contributed by atoms with Crippen LogP contribution in [0.1, 0.15) is 27.2 Å². The standard InChI is InChI=1S/C20H23F3O2Si/c1-19(2,3)26(16-10-6-4-7-11-16,17-12-8-5-9-13-17)25-18(14-15-24)20(21,22)23/h4-13,15,18H,14H2,1-3H3/t18-/m1/s1. The molecule has 0 aliphatic carbocycles. The van der Waals surface area contributed by atoms with Crippen molar-refractivity contribution in [2.75, 3.05) is 0 Å². The zero-order chi connectivity index (χ0) is 19.4. The molecule has 2 aromatic carbocycles. The Morgan fingerprint density at radius 3 is 1.65 bits per heavy atom. The number of alkyl halides is 3. The molecule has 2 rings (SSSR count). The van der Waals surface area contributed by atoms with Crippen molar-refractivity contribution in [2.24, 2.45) is 0 Å². The van der Waals surface area contributed by atoms with Gasteiger partial charge in [0.1, 0.15) is 12.4 Å². The summed E-state index contributed by atoms with van der Waals surface area (Å²) in [5, 5.41) is 0.917. The first-order chi connectivity index (χ1) is 12.1. The second-order valence-electron chi connectivity index (χ2n) is 7.21. The van der Waals surface area contributed by atoms with Crippen molar-refractivity contribution in [3.63, 3.8) is 0 Å². The Morgan fingerprint density at radius 1 is 0.923 bits per heavy atom. The molecule has 0 heterocycles. The van der Waals surface area contributed by atoms with Crippen LogP contribution in [0.2, 0.25) is 5.04 Å². The third-order valence-corrected chi connectivity index (χ3v) is 9.45. The number of aldehydes is 1. The molecule has 0 spiro atoms. The highest BCUT2D eigenvalue weighted by molar-refractivity contribution is 6.99. The minimum atomic E-state index is -4.62. The predicted octanol–water partition coefficient (Wildman–Crippen LogP) is 4.08. The van der Waals surface area contributed by atoms with Crippen molar-refractivity contribution in [1.29, 1.82) is 0 Å². The molecule has 0 unspecified atom stereocenters. The molecule has 0 saturated heterocycles. The molecular weight excluding hydrogens is 357 g/mol. The fraction of sp³-hybridized carbons (Fsp3) is 0.350. The Kier molecular flexibility index (Phi) is 6.08. The van der Waals surface area contributed by atoms with Crippen molar-refractivity contribution in [3.05, 3.63) is 60.7 Å². The summed E-state index contributed by atoms with van der Waals surface area (Å²) in [6, 6.07) is 18.1. The van der Waals surface area contributed by atoms with Gasteiger partial charge in [0, 0.05) is 6.42 Å². The number of hydrogen-bond acceptors (Lipinski definition) is 2. The van der Waals surface area contributed by atoms with Gasteiger partial charge >= 0.3 is 6.18 Å². The van der Waals surface area contributed by atoms with Crippen molar-refractivity contribution in [1.82, 2.24) is 0 Å². The second kappa shape index (κ2) is 7.76. The van der Waals surface area contributed by atoms with Crippen molar-refractivity contribution in [2.45, 2.75) is 44.5 Å². The summed E-state index contributed by atoms with van der Waals surface area (Å²) < 4.78 is 46.7. The lowest BCUT2D eigenvalue weighted by atomic mass is 10.2. The number of hydrogen-bond donors (Lipinski definition) is 0. The lowest BCUT2D eigenvalue weighted by Crippen LogP contribution is -2.68. The molecule has 0 bridgehead atoms. The summed E-state index contributed by atoms with van der Waals surface area (Å²) in [7, 11) is -3.34. The van der Waals surface area contributed by atoms with Crippen LogP contribution < -0.4 is 10.4 Å². The fourth-order valence-electron chi connectivity index (χ4n) is 3.24. The van der Waals surface area contributed by atoms with Gasteiger partial charge in [-0.3, -0.25) is 0 Å². The van der Waals surface area contributed by atoms with Crippen LogP contribution in [0.15, 0.2) is 60.7 Å². The van der Waals surface area contributed by atoms with E-state index in [9.17, 15) is 18.0 Å². The fourth-order valence-corrected chi connectivity index (χ4v) is 7.91. The van der Waals surface area contributed by atoms with E-state index in [0.717, 1.165) is 10.4 Å². The molecule has 0 amide bonds. The van der Waals surface area contributed by atoms with E-state index in [1.165, 1.54) is 0 Å². The first-order valence-electron chi connectivity index (χ1n) is 8.42. The largest absolute Gasteiger partial charge is 0.413 e. The van der Waals surface area contributed by atoms with Crippen LogP contribution in [0.4, 0.5) is 13.2 Å². The van der Waals surface area contributed by atoms with Gasteiger partial charge in [0.05, 0.1) is 0 Å². The predicted molar refractivity (Wildman–Crippen MR) is 99.2 cm³/mol. The number of carbonyl (C=O) groups is 1. The number of benzene rings is 2. The maximum absolute atomic E-state index is 13.6. The van der Waals surface area contributed by atoms with E-state index in [1.54, 1.807) is 24.3 Å². The van der Waals surface area contributed by atoms with E-state index < -0.39 is 32.1 Å². The van der Waals surface area contributed by atoms with E-state index >= 15 is 0 Å². The Bertz CT molecular complexity index is 670. The Labute approximate surface area is 153 Å². The summed E-state index contributed by atoms with van der Waals surface area (Å²) in [5.74, 6) is 0. The molecule has 0 aliphatic rings. The van der Waals surface area contributed by atoms with Gasteiger partial charge in [-0.15, -0.1) is 0 Å². The summed E-state index contributed by atoms with van der Waals surface area (Å²) in [4.78, 5) is 10.9. The second-order valence-corrected chi connectivity index (χ2v) is 11.5. The summed E-state index contributed by atoms with van der Waals surface area (Å²) in [6.07, 6.45) is -7.19. The molecule has 2 nitrogen and oxygen atoms in total. The van der Waals surface area contributed by atoms with Crippen LogP contribution >= 0.6 is 0 Å². The molecule has 6 heteroatoms. The summed E-state index contributed by atoms with van der Waals surface area (Å²) >= 11 is 0. The molecule has 0 aliphatic heterocycles. The monoisotopic (exact) mass is 380 g/mol. The van der Waals surface area contributed by atoms with Crippen LogP contribution in [0.3, 0.4) is 0 Å². The highest BCUT2D eigenvalue weighted by Gasteiger charge is 2.55. The van der Waals surface area contributed by atoms with Gasteiger partial charge < -0.3 is 9.22 Å². The highest BCUT2D eigenvalue weighted by atomic mass is 28.4. The van der Waals surface area contributed by atoms with Gasteiger partial charge in [0.25, 0.3) is 8.32 Å². The van der Waals surface area contributed by atoms with E-state index in [4.69, 9.17) is 4.43 Å². The van der Waals surface area contributed by atoms with Gasteiger partial charge in [-0.25, -0.2) is 0 Å². The first-order valence-corrected chi connectivity index (χ1v) is 10.3. The smallest absolute Gasteiger partial charge is 0.395 e. The minimum Gasteiger partial charge on any atom is -0.395 e. The molecule has 0 aromatic heterocycles. The molecule has 0 N–H and O–H groups in total. The SMILES string of the molecule is CC(C)(C)[Si](O[C@H](CC=O)C(F)(F)F)(c1ccccc1)c1ccccc1. The van der Waals surface area contributed by atoms with E-state index in [1.807, 2.05) is 57.2 Å². The quantitative estimate of drug-likeness (QED) is 0.558. The lowest BCUT2D eigenvalue weighted by Gasteiger charge is -2.45. The van der Waals surface area contributed by atoms with Gasteiger partial charge in [-0.05, 0) is 15.4 Å². The Balaban J connectivity index is 2.73. The van der Waals surface area contributed by atoms with Crippen LogP contribution in [-0.2, 0) is 9.22 Å². The van der Waals surface area contributed by atoms with E-state index in [-0.39, 0.29) is 6.29 Å². The summed E-state index contributed by atoms with van der Waals surface area (Å²) in [6.45, 7) is 5.69. The molecule has 0 radical (unpaired) electrons. The molecule has 1 atom stereocenters. The van der Waals surface area contributed by atoms with Gasteiger partial charge in [0.2, 0.25) is 0 Å². The third-order valence-electron chi connectivity index (χ3n) is 4.41. The molecule has 140 valence electrons. The van der Waals surface area contributed by atoms with E-state index in [2.05, 4.69) is 0 Å². The van der Waals surface area contributed by atoms with Crippen molar-refractivity contribution < 1.29 is 22.4 Å². The van der Waals surface area contributed by atoms with Crippen LogP contribution in [0, 0.1) is 0 Å². The summed E-state index contributed by atoms with van der Waals surface area (Å²) in [5.41, 5.74) is 0. The average molecular weight is 380 g/mol. The molecule has 0 fully saturated rings. The third kappa shape index (κ3) is 4.07. The van der Waals surface area contributed by atoms with Crippen LogP contribution in [-0.4, -0.2) is 26.9 Å². The maximum Gasteiger partial charge on any atom is 0.413 e. The first kappa shape index (κ1) is 20.4. The van der Waals surface area contributed by atoms with Gasteiger partial charge in [0.15, 0.2) is 0 Å². The molecule has 0 saturated carbocycles. The molecule has 26 heavy (non-hydrogen) atoms. The van der Waals surface area contributed by atoms with Crippen molar-refractivity contribution in [3.8, 4) is 0 Å². The van der Waals surface area contributed by atoms with Crippen LogP contribution in [0.5, 0.6) is 0 Å². The Hall–Kier alpha value is -1.92. The maximum atomic E-state index is 13.6. The number of halogens is 3. The molecular formula is C20H23F3O2Si. The van der Waals surface area contributed by atoms with Gasteiger partial charge in [-0.1, -0.05) is 81.4 Å². The zero-order valence-electron chi connectivity index (χ0n) is 15.1. The normalized spacial score (nSPS) is 14.1. The minimum absolute atomic E-state index is 0.274. The zero-order valence-corrected chi connectivity index (χ0v) is 16.1. The van der Waals surface area contributed by atoms with Crippen molar-refractivity contribution >= 4 is 25.0 Å². The number of rotatable bonds is 6. The van der Waals surface area contributed by atoms with Crippen LogP contribution in [0.25, 0.3) is 0 Å². The van der Waals surface area contributed by atoms with E-state index in [0.29, 0.717) is 0 Å². The Morgan fingerprint density at radius 2 is 1.35 bits per heavy atom. The number of carbonyl (C=O) groups excluding carboxylic acids is 1.